The van der Waals surface area contributed by atoms with Crippen molar-refractivity contribution in [1.82, 2.24) is 24.6 Å². The second-order valence-electron chi connectivity index (χ2n) is 8.42. The number of aliphatic hydroxyl groups is 2. The van der Waals surface area contributed by atoms with Crippen LogP contribution in [0.25, 0.3) is 39.3 Å². The van der Waals surface area contributed by atoms with Crippen LogP contribution in [0.2, 0.25) is 0 Å². The van der Waals surface area contributed by atoms with Gasteiger partial charge in [-0.05, 0) is 5.56 Å². The molecule has 1 saturated carbocycles. The molecule has 158 valence electrons. The van der Waals surface area contributed by atoms with Gasteiger partial charge in [0.25, 0.3) is 0 Å². The van der Waals surface area contributed by atoms with Crippen molar-refractivity contribution in [3.8, 4) is 22.5 Å². The van der Waals surface area contributed by atoms with Crippen molar-refractivity contribution in [2.75, 3.05) is 0 Å². The molecule has 0 aliphatic heterocycles. The lowest BCUT2D eigenvalue weighted by molar-refractivity contribution is -0.244. The van der Waals surface area contributed by atoms with E-state index in [0.717, 1.165) is 28.1 Å². The topological polar surface area (TPSA) is 122 Å². The number of rotatable bonds is 3. The Morgan fingerprint density at radius 3 is 2.25 bits per heavy atom. The second kappa shape index (κ2) is 6.64. The minimum Gasteiger partial charge on any atom is -0.365 e. The first kappa shape index (κ1) is 19.0. The molecule has 3 heterocycles. The predicted molar refractivity (Wildman–Crippen MR) is 119 cm³/mol. The van der Waals surface area contributed by atoms with Crippen LogP contribution in [-0.2, 0) is 5.54 Å². The molecular weight excluding hydrogens is 404 g/mol. The zero-order valence-corrected chi connectivity index (χ0v) is 17.1. The van der Waals surface area contributed by atoms with Gasteiger partial charge >= 0.3 is 0 Å². The van der Waals surface area contributed by atoms with Crippen LogP contribution in [0.1, 0.15) is 18.4 Å². The van der Waals surface area contributed by atoms with Crippen molar-refractivity contribution in [3.63, 3.8) is 0 Å². The van der Waals surface area contributed by atoms with Crippen LogP contribution in [0.4, 0.5) is 0 Å². The number of fused-ring (bicyclic) bond motifs is 3. The van der Waals surface area contributed by atoms with E-state index in [-0.39, 0.29) is 12.8 Å². The van der Waals surface area contributed by atoms with E-state index in [1.54, 1.807) is 16.9 Å². The van der Waals surface area contributed by atoms with E-state index < -0.39 is 11.3 Å². The Hall–Kier alpha value is -3.72. The van der Waals surface area contributed by atoms with E-state index in [2.05, 4.69) is 10.1 Å². The maximum Gasteiger partial charge on any atom is 0.184 e. The van der Waals surface area contributed by atoms with Crippen LogP contribution < -0.4 is 5.73 Å². The van der Waals surface area contributed by atoms with Crippen LogP contribution in [0.3, 0.4) is 0 Å². The lowest BCUT2D eigenvalue weighted by atomic mass is 9.68. The Morgan fingerprint density at radius 1 is 0.844 bits per heavy atom. The van der Waals surface area contributed by atoms with E-state index in [9.17, 15) is 10.2 Å². The molecule has 32 heavy (non-hydrogen) atoms. The van der Waals surface area contributed by atoms with Crippen molar-refractivity contribution in [2.45, 2.75) is 24.2 Å². The molecule has 4 N–H and O–H groups in total. The smallest absolute Gasteiger partial charge is 0.184 e. The highest BCUT2D eigenvalue weighted by Crippen LogP contribution is 2.45. The first-order chi connectivity index (χ1) is 15.4. The summed E-state index contributed by atoms with van der Waals surface area (Å²) in [6.45, 7) is 0. The standard InChI is InChI=1S/C24H20N6O2/c25-23(13-24(31,32)14-23)17-8-6-16(7-9-17)21-20(15-4-2-1-3-5-15)28-18-12-26-19-10-11-27-30(19)22(18)29-21/h1-12,31-32H,13-14,25H2. The molecule has 0 atom stereocenters. The number of nitrogens with zero attached hydrogens (tertiary/aromatic N) is 5. The molecule has 0 unspecified atom stereocenters. The van der Waals surface area contributed by atoms with Crippen LogP contribution >= 0.6 is 0 Å². The molecule has 5 aromatic rings. The molecule has 1 aliphatic rings. The monoisotopic (exact) mass is 424 g/mol. The van der Waals surface area contributed by atoms with E-state index in [4.69, 9.17) is 15.7 Å². The highest BCUT2D eigenvalue weighted by molar-refractivity contribution is 5.85. The summed E-state index contributed by atoms with van der Waals surface area (Å²) >= 11 is 0. The molecule has 0 radical (unpaired) electrons. The van der Waals surface area contributed by atoms with Gasteiger partial charge in [0.2, 0.25) is 0 Å². The van der Waals surface area contributed by atoms with E-state index in [1.165, 1.54) is 0 Å². The van der Waals surface area contributed by atoms with Crippen molar-refractivity contribution >= 4 is 16.8 Å². The molecular formula is C24H20N6O2. The van der Waals surface area contributed by atoms with Gasteiger partial charge in [-0.3, -0.25) is 0 Å². The molecule has 1 aliphatic carbocycles. The number of hydrogen-bond acceptors (Lipinski definition) is 7. The first-order valence-corrected chi connectivity index (χ1v) is 10.3. The second-order valence-corrected chi connectivity index (χ2v) is 8.42. The molecule has 8 nitrogen and oxygen atoms in total. The fraction of sp³-hybridized carbons (Fsp3) is 0.167. The largest absolute Gasteiger partial charge is 0.365 e. The number of aromatic nitrogens is 5. The number of nitrogens with two attached hydrogens (primary N) is 1. The third-order valence-electron chi connectivity index (χ3n) is 6.02. The summed E-state index contributed by atoms with van der Waals surface area (Å²) in [5.74, 6) is -1.69. The average Bonchev–Trinajstić information content (AvgIpc) is 3.27. The summed E-state index contributed by atoms with van der Waals surface area (Å²) in [4.78, 5) is 14.3. The van der Waals surface area contributed by atoms with Gasteiger partial charge in [0, 0.05) is 30.0 Å². The zero-order chi connectivity index (χ0) is 21.9. The fourth-order valence-corrected chi connectivity index (χ4v) is 4.49. The van der Waals surface area contributed by atoms with Gasteiger partial charge in [-0.25, -0.2) is 15.0 Å². The molecule has 0 bridgehead atoms. The molecule has 8 heteroatoms. The summed E-state index contributed by atoms with van der Waals surface area (Å²) in [6, 6.07) is 19.4. The third-order valence-corrected chi connectivity index (χ3v) is 6.02. The first-order valence-electron chi connectivity index (χ1n) is 10.3. The van der Waals surface area contributed by atoms with Gasteiger partial charge in [0.1, 0.15) is 5.52 Å². The van der Waals surface area contributed by atoms with Crippen LogP contribution in [0.15, 0.2) is 73.1 Å². The molecule has 1 fully saturated rings. The lowest BCUT2D eigenvalue weighted by Crippen LogP contribution is -2.59. The van der Waals surface area contributed by atoms with Gasteiger partial charge < -0.3 is 15.9 Å². The molecule has 0 saturated heterocycles. The zero-order valence-electron chi connectivity index (χ0n) is 17.1. The Labute approximate surface area is 183 Å². The van der Waals surface area contributed by atoms with Crippen LogP contribution in [0, 0.1) is 0 Å². The Morgan fingerprint density at radius 2 is 1.53 bits per heavy atom. The fourth-order valence-electron chi connectivity index (χ4n) is 4.49. The summed E-state index contributed by atoms with van der Waals surface area (Å²) < 4.78 is 1.68. The highest BCUT2D eigenvalue weighted by atomic mass is 16.5. The van der Waals surface area contributed by atoms with Crippen LogP contribution in [0.5, 0.6) is 0 Å². The maximum absolute atomic E-state index is 9.72. The van der Waals surface area contributed by atoms with E-state index in [0.29, 0.717) is 16.8 Å². The summed E-state index contributed by atoms with van der Waals surface area (Å²) in [6.07, 6.45) is 3.61. The normalized spacial score (nSPS) is 16.8. The Balaban J connectivity index is 1.52. The quantitative estimate of drug-likeness (QED) is 0.381. The van der Waals surface area contributed by atoms with E-state index in [1.807, 2.05) is 60.7 Å². The minimum atomic E-state index is -1.69. The molecule has 2 aromatic carbocycles. The van der Waals surface area contributed by atoms with Crippen molar-refractivity contribution < 1.29 is 10.2 Å². The summed E-state index contributed by atoms with van der Waals surface area (Å²) in [5.41, 5.74) is 11.7. The van der Waals surface area contributed by atoms with Crippen molar-refractivity contribution in [2.24, 2.45) is 5.73 Å². The SMILES string of the molecule is NC1(c2ccc(-c3nc4c(cnc5ccnn54)nc3-c3ccccc3)cc2)CC(O)(O)C1. The average molecular weight is 424 g/mol. The van der Waals surface area contributed by atoms with E-state index >= 15 is 0 Å². The summed E-state index contributed by atoms with van der Waals surface area (Å²) in [5, 5.41) is 23.8. The van der Waals surface area contributed by atoms with Crippen LogP contribution in [-0.4, -0.2) is 40.6 Å². The molecule has 0 spiro atoms. The number of benzene rings is 2. The predicted octanol–water partition coefficient (Wildman–Crippen LogP) is 2.64. The highest BCUT2D eigenvalue weighted by Gasteiger charge is 2.51. The van der Waals surface area contributed by atoms with Gasteiger partial charge in [-0.1, -0.05) is 54.6 Å². The minimum absolute atomic E-state index is 0.106. The van der Waals surface area contributed by atoms with Gasteiger partial charge in [0.05, 0.1) is 29.3 Å². The Kier molecular flexibility index (Phi) is 3.94. The molecule has 6 rings (SSSR count). The maximum atomic E-state index is 9.72. The Bertz CT molecular complexity index is 1450. The van der Waals surface area contributed by atoms with Gasteiger partial charge in [0.15, 0.2) is 17.1 Å². The van der Waals surface area contributed by atoms with Gasteiger partial charge in [-0.2, -0.15) is 9.61 Å². The summed E-state index contributed by atoms with van der Waals surface area (Å²) in [7, 11) is 0. The molecule has 3 aromatic heterocycles. The molecule has 0 amide bonds. The lowest BCUT2D eigenvalue weighted by Gasteiger charge is -2.48. The van der Waals surface area contributed by atoms with Crippen molar-refractivity contribution in [3.05, 3.63) is 78.6 Å². The van der Waals surface area contributed by atoms with Crippen molar-refractivity contribution in [1.29, 1.82) is 0 Å². The third kappa shape index (κ3) is 2.96. The number of hydrogen-bond donors (Lipinski definition) is 3. The van der Waals surface area contributed by atoms with Gasteiger partial charge in [-0.15, -0.1) is 0 Å².